The second-order valence-corrected chi connectivity index (χ2v) is 5.50. The molecule has 0 aliphatic carbocycles. The molecule has 0 saturated carbocycles. The lowest BCUT2D eigenvalue weighted by Gasteiger charge is -2.11. The first-order valence-corrected chi connectivity index (χ1v) is 6.79. The van der Waals surface area contributed by atoms with Gasteiger partial charge in [-0.25, -0.2) is 0 Å². The minimum absolute atomic E-state index is 0.0382. The Kier molecular flexibility index (Phi) is 4.22. The molecular weight excluding hydrogens is 270 g/mol. The van der Waals surface area contributed by atoms with Gasteiger partial charge < -0.3 is 10.1 Å². The summed E-state index contributed by atoms with van der Waals surface area (Å²) in [5, 5.41) is 4.31. The highest BCUT2D eigenvalue weighted by Gasteiger charge is 2.18. The van der Waals surface area contributed by atoms with E-state index in [1.807, 2.05) is 31.2 Å². The number of rotatable bonds is 4. The van der Waals surface area contributed by atoms with Crippen LogP contribution in [-0.4, -0.2) is 25.7 Å². The number of benzene rings is 1. The molecule has 2 rings (SSSR count). The zero-order valence-electron chi connectivity index (χ0n) is 10.2. The minimum Gasteiger partial charge on any atom is -0.383 e. The number of carbonyl (C=O) groups is 1. The molecule has 2 aromatic rings. The van der Waals surface area contributed by atoms with Gasteiger partial charge >= 0.3 is 0 Å². The van der Waals surface area contributed by atoms with Crippen LogP contribution in [0.25, 0.3) is 10.1 Å². The Morgan fingerprint density at radius 1 is 1.50 bits per heavy atom. The molecule has 0 aliphatic rings. The quantitative estimate of drug-likeness (QED) is 0.935. The Morgan fingerprint density at radius 3 is 2.89 bits per heavy atom. The number of amides is 1. The molecule has 0 spiro atoms. The van der Waals surface area contributed by atoms with Crippen LogP contribution in [0.2, 0.25) is 5.02 Å². The van der Waals surface area contributed by atoms with Gasteiger partial charge in [-0.1, -0.05) is 29.8 Å². The third-order valence-electron chi connectivity index (χ3n) is 2.54. The smallest absolute Gasteiger partial charge is 0.263 e. The Balaban J connectivity index is 2.25. The van der Waals surface area contributed by atoms with Gasteiger partial charge in [0.2, 0.25) is 0 Å². The van der Waals surface area contributed by atoms with Crippen molar-refractivity contribution in [3.05, 3.63) is 34.2 Å². The summed E-state index contributed by atoms with van der Waals surface area (Å²) in [5.41, 5.74) is 0. The molecule has 5 heteroatoms. The Hall–Kier alpha value is -1.10. The third-order valence-corrected chi connectivity index (χ3v) is 4.21. The van der Waals surface area contributed by atoms with Crippen molar-refractivity contribution in [2.24, 2.45) is 0 Å². The molecule has 0 unspecified atom stereocenters. The fraction of sp³-hybridized carbons (Fsp3) is 0.308. The fourth-order valence-electron chi connectivity index (χ4n) is 1.74. The predicted molar refractivity (Wildman–Crippen MR) is 75.6 cm³/mol. The maximum absolute atomic E-state index is 12.1. The van der Waals surface area contributed by atoms with Gasteiger partial charge in [0, 0.05) is 23.2 Å². The predicted octanol–water partition coefficient (Wildman–Crippen LogP) is 3.32. The van der Waals surface area contributed by atoms with E-state index in [-0.39, 0.29) is 11.9 Å². The van der Waals surface area contributed by atoms with Gasteiger partial charge in [0.05, 0.1) is 11.6 Å². The maximum Gasteiger partial charge on any atom is 0.263 e. The van der Waals surface area contributed by atoms with Crippen LogP contribution in [-0.2, 0) is 4.74 Å². The number of ether oxygens (including phenoxy) is 1. The molecular formula is C13H14ClNO2S. The highest BCUT2D eigenvalue weighted by molar-refractivity contribution is 7.21. The van der Waals surface area contributed by atoms with Crippen LogP contribution in [0, 0.1) is 0 Å². The Morgan fingerprint density at radius 2 is 2.22 bits per heavy atom. The van der Waals surface area contributed by atoms with Gasteiger partial charge in [0.15, 0.2) is 0 Å². The molecule has 3 nitrogen and oxygen atoms in total. The summed E-state index contributed by atoms with van der Waals surface area (Å²) in [4.78, 5) is 12.6. The molecule has 1 atom stereocenters. The van der Waals surface area contributed by atoms with Crippen LogP contribution in [0.1, 0.15) is 16.6 Å². The van der Waals surface area contributed by atoms with Crippen molar-refractivity contribution >= 4 is 38.9 Å². The number of hydrogen-bond acceptors (Lipinski definition) is 3. The van der Waals surface area contributed by atoms with E-state index < -0.39 is 0 Å². The maximum atomic E-state index is 12.1. The summed E-state index contributed by atoms with van der Waals surface area (Å²) in [7, 11) is 1.61. The number of carbonyl (C=O) groups excluding carboxylic acids is 1. The molecule has 96 valence electrons. The summed E-state index contributed by atoms with van der Waals surface area (Å²) in [6.07, 6.45) is 0. The van der Waals surface area contributed by atoms with Crippen LogP contribution < -0.4 is 5.32 Å². The van der Waals surface area contributed by atoms with Crippen LogP contribution >= 0.6 is 22.9 Å². The minimum atomic E-state index is -0.147. The molecule has 0 fully saturated rings. The molecule has 0 saturated heterocycles. The van der Waals surface area contributed by atoms with Crippen molar-refractivity contribution in [3.8, 4) is 0 Å². The summed E-state index contributed by atoms with van der Waals surface area (Å²) < 4.78 is 6.01. The SMILES string of the molecule is COC[C@H](C)NC(=O)c1sc2ccccc2c1Cl. The molecule has 1 amide bonds. The number of thiophene rings is 1. The van der Waals surface area contributed by atoms with E-state index in [2.05, 4.69) is 5.32 Å². The topological polar surface area (TPSA) is 38.3 Å². The van der Waals surface area contributed by atoms with Crippen molar-refractivity contribution in [2.45, 2.75) is 13.0 Å². The highest BCUT2D eigenvalue weighted by atomic mass is 35.5. The fourth-order valence-corrected chi connectivity index (χ4v) is 3.16. The van der Waals surface area contributed by atoms with E-state index in [0.29, 0.717) is 16.5 Å². The molecule has 1 N–H and O–H groups in total. The second-order valence-electron chi connectivity index (χ2n) is 4.07. The molecule has 1 heterocycles. The second kappa shape index (κ2) is 5.69. The van der Waals surface area contributed by atoms with Crippen LogP contribution in [0.4, 0.5) is 0 Å². The van der Waals surface area contributed by atoms with E-state index >= 15 is 0 Å². The van der Waals surface area contributed by atoms with Crippen molar-refractivity contribution in [3.63, 3.8) is 0 Å². The van der Waals surface area contributed by atoms with Gasteiger partial charge in [-0.15, -0.1) is 11.3 Å². The number of hydrogen-bond donors (Lipinski definition) is 1. The first-order chi connectivity index (χ1) is 8.63. The van der Waals surface area contributed by atoms with E-state index in [4.69, 9.17) is 16.3 Å². The van der Waals surface area contributed by atoms with Gasteiger partial charge in [0.1, 0.15) is 4.88 Å². The average Bonchev–Trinajstić information content (AvgIpc) is 2.68. The molecule has 1 aromatic carbocycles. The first-order valence-electron chi connectivity index (χ1n) is 5.60. The van der Waals surface area contributed by atoms with Crippen molar-refractivity contribution in [2.75, 3.05) is 13.7 Å². The molecule has 0 aliphatic heterocycles. The van der Waals surface area contributed by atoms with E-state index in [9.17, 15) is 4.79 Å². The van der Waals surface area contributed by atoms with E-state index in [1.54, 1.807) is 7.11 Å². The molecule has 0 bridgehead atoms. The van der Waals surface area contributed by atoms with Gasteiger partial charge in [-0.05, 0) is 13.0 Å². The lowest BCUT2D eigenvalue weighted by molar-refractivity contribution is 0.0910. The van der Waals surface area contributed by atoms with Gasteiger partial charge in [-0.3, -0.25) is 4.79 Å². The number of halogens is 1. The van der Waals surface area contributed by atoms with Crippen LogP contribution in [0.5, 0.6) is 0 Å². The molecule has 18 heavy (non-hydrogen) atoms. The summed E-state index contributed by atoms with van der Waals surface area (Å²) in [5.74, 6) is -0.147. The number of nitrogens with one attached hydrogen (secondary N) is 1. The monoisotopic (exact) mass is 283 g/mol. The van der Waals surface area contributed by atoms with Crippen molar-refractivity contribution < 1.29 is 9.53 Å². The van der Waals surface area contributed by atoms with Crippen molar-refractivity contribution in [1.82, 2.24) is 5.32 Å². The van der Waals surface area contributed by atoms with Gasteiger partial charge in [-0.2, -0.15) is 0 Å². The first kappa shape index (κ1) is 13.3. The normalized spacial score (nSPS) is 12.6. The van der Waals surface area contributed by atoms with Crippen LogP contribution in [0.3, 0.4) is 0 Å². The largest absolute Gasteiger partial charge is 0.383 e. The standard InChI is InChI=1S/C13H14ClNO2S/c1-8(7-17-2)15-13(16)12-11(14)9-5-3-4-6-10(9)18-12/h3-6,8H,7H2,1-2H3,(H,15,16)/t8-/m0/s1. The molecule has 1 aromatic heterocycles. The van der Waals surface area contributed by atoms with E-state index in [0.717, 1.165) is 10.1 Å². The highest BCUT2D eigenvalue weighted by Crippen LogP contribution is 2.34. The summed E-state index contributed by atoms with van der Waals surface area (Å²) in [6.45, 7) is 2.37. The number of fused-ring (bicyclic) bond motifs is 1. The summed E-state index contributed by atoms with van der Waals surface area (Å²) in [6, 6.07) is 7.69. The lowest BCUT2D eigenvalue weighted by atomic mass is 10.2. The zero-order valence-corrected chi connectivity index (χ0v) is 11.8. The Labute approximate surface area is 115 Å². The summed E-state index contributed by atoms with van der Waals surface area (Å²) >= 11 is 7.64. The van der Waals surface area contributed by atoms with E-state index in [1.165, 1.54) is 11.3 Å². The van der Waals surface area contributed by atoms with Crippen molar-refractivity contribution in [1.29, 1.82) is 0 Å². The number of methoxy groups -OCH3 is 1. The molecule has 0 radical (unpaired) electrons. The third kappa shape index (κ3) is 2.66. The zero-order chi connectivity index (χ0) is 13.1. The van der Waals surface area contributed by atoms with Gasteiger partial charge in [0.25, 0.3) is 5.91 Å². The Bertz CT molecular complexity index is 567. The van der Waals surface area contributed by atoms with Crippen LogP contribution in [0.15, 0.2) is 24.3 Å². The lowest BCUT2D eigenvalue weighted by Crippen LogP contribution is -2.35. The average molecular weight is 284 g/mol.